The van der Waals surface area contributed by atoms with Crippen LogP contribution in [0.3, 0.4) is 0 Å². The molecule has 0 bridgehead atoms. The first-order chi connectivity index (χ1) is 9.81. The minimum Gasteiger partial charge on any atom is -0.383 e. The van der Waals surface area contributed by atoms with Gasteiger partial charge in [0.2, 0.25) is 0 Å². The fraction of sp³-hybridized carbons (Fsp3) is 0.625. The van der Waals surface area contributed by atoms with Crippen LogP contribution in [0.15, 0.2) is 18.2 Å². The molecular weight excluding hydrogens is 272 g/mol. The third-order valence-corrected chi connectivity index (χ3v) is 4.03. The van der Waals surface area contributed by atoms with E-state index in [0.29, 0.717) is 0 Å². The van der Waals surface area contributed by atoms with Crippen LogP contribution in [-0.4, -0.2) is 33.4 Å². The van der Waals surface area contributed by atoms with Crippen molar-refractivity contribution in [2.24, 2.45) is 0 Å². The van der Waals surface area contributed by atoms with Crippen molar-refractivity contribution in [1.29, 1.82) is 0 Å². The van der Waals surface area contributed by atoms with Crippen LogP contribution < -0.4 is 10.2 Å². The molecule has 1 saturated heterocycles. The fourth-order valence-corrected chi connectivity index (χ4v) is 2.86. The van der Waals surface area contributed by atoms with Crippen LogP contribution in [0.1, 0.15) is 31.2 Å². The van der Waals surface area contributed by atoms with Crippen molar-refractivity contribution in [3.8, 4) is 0 Å². The highest BCUT2D eigenvalue weighted by molar-refractivity contribution is 6.30. The second-order valence-electron chi connectivity index (χ2n) is 5.34. The highest BCUT2D eigenvalue weighted by atomic mass is 35.5. The van der Waals surface area contributed by atoms with Crippen molar-refractivity contribution in [2.75, 3.05) is 38.3 Å². The molecule has 1 N–H and O–H groups in total. The molecule has 1 aliphatic heterocycles. The molecule has 0 radical (unpaired) electrons. The largest absolute Gasteiger partial charge is 0.383 e. The predicted molar refractivity (Wildman–Crippen MR) is 85.7 cm³/mol. The molecule has 4 heteroatoms. The number of hydrogen-bond acceptors (Lipinski definition) is 3. The van der Waals surface area contributed by atoms with Crippen LogP contribution in [0.4, 0.5) is 5.69 Å². The molecule has 1 heterocycles. The maximum atomic E-state index is 6.19. The Morgan fingerprint density at radius 2 is 1.95 bits per heavy atom. The number of nitrogens with one attached hydrogen (secondary N) is 1. The van der Waals surface area contributed by atoms with Gasteiger partial charge in [0, 0.05) is 44.0 Å². The Kier molecular flexibility index (Phi) is 6.64. The Morgan fingerprint density at radius 1 is 1.20 bits per heavy atom. The maximum Gasteiger partial charge on any atom is 0.0587 e. The lowest BCUT2D eigenvalue weighted by Crippen LogP contribution is -2.27. The molecule has 3 nitrogen and oxygen atoms in total. The van der Waals surface area contributed by atoms with Crippen LogP contribution in [0.25, 0.3) is 0 Å². The Labute approximate surface area is 127 Å². The molecule has 1 aromatic rings. The van der Waals surface area contributed by atoms with E-state index in [2.05, 4.69) is 22.3 Å². The van der Waals surface area contributed by atoms with Gasteiger partial charge in [-0.3, -0.25) is 0 Å². The molecule has 0 aromatic heterocycles. The van der Waals surface area contributed by atoms with E-state index < -0.39 is 0 Å². The second kappa shape index (κ2) is 8.50. The molecule has 0 saturated carbocycles. The summed E-state index contributed by atoms with van der Waals surface area (Å²) in [6.07, 6.45) is 5.25. The van der Waals surface area contributed by atoms with Gasteiger partial charge in [-0.1, -0.05) is 30.5 Å². The number of ether oxygens (including phenoxy) is 1. The first-order valence-electron chi connectivity index (χ1n) is 7.54. The lowest BCUT2D eigenvalue weighted by molar-refractivity contribution is 0.199. The molecule has 0 atom stereocenters. The zero-order valence-corrected chi connectivity index (χ0v) is 13.1. The molecule has 112 valence electrons. The Bertz CT molecular complexity index is 403. The molecule has 0 aliphatic carbocycles. The van der Waals surface area contributed by atoms with Gasteiger partial charge in [-0.15, -0.1) is 0 Å². The number of halogens is 1. The smallest absolute Gasteiger partial charge is 0.0587 e. The first kappa shape index (κ1) is 15.6. The van der Waals surface area contributed by atoms with Crippen molar-refractivity contribution in [3.63, 3.8) is 0 Å². The van der Waals surface area contributed by atoms with Crippen LogP contribution in [0.5, 0.6) is 0 Å². The van der Waals surface area contributed by atoms with Crippen molar-refractivity contribution >= 4 is 17.3 Å². The van der Waals surface area contributed by atoms with Crippen LogP contribution in [0.2, 0.25) is 5.02 Å². The monoisotopic (exact) mass is 296 g/mol. The van der Waals surface area contributed by atoms with Crippen LogP contribution in [-0.2, 0) is 11.3 Å². The Morgan fingerprint density at radius 3 is 2.65 bits per heavy atom. The summed E-state index contributed by atoms with van der Waals surface area (Å²) in [7, 11) is 1.73. The van der Waals surface area contributed by atoms with Gasteiger partial charge < -0.3 is 15.0 Å². The van der Waals surface area contributed by atoms with E-state index in [1.54, 1.807) is 7.11 Å². The van der Waals surface area contributed by atoms with E-state index in [1.807, 2.05) is 6.07 Å². The molecule has 0 amide bonds. The van der Waals surface area contributed by atoms with Crippen LogP contribution >= 0.6 is 11.6 Å². The van der Waals surface area contributed by atoms with E-state index in [1.165, 1.54) is 36.9 Å². The zero-order valence-electron chi connectivity index (χ0n) is 12.3. The number of hydrogen-bond donors (Lipinski definition) is 1. The standard InChI is InChI=1S/C16H25ClN2O/c1-20-11-8-18-13-14-6-7-15(17)12-16(14)19-9-4-2-3-5-10-19/h6-7,12,18H,2-5,8-11,13H2,1H3. The number of rotatable bonds is 6. The lowest BCUT2D eigenvalue weighted by Gasteiger charge is -2.26. The average molecular weight is 297 g/mol. The highest BCUT2D eigenvalue weighted by Gasteiger charge is 2.13. The summed E-state index contributed by atoms with van der Waals surface area (Å²) in [5.41, 5.74) is 2.62. The summed E-state index contributed by atoms with van der Waals surface area (Å²) >= 11 is 6.19. The van der Waals surface area contributed by atoms with Gasteiger partial charge in [-0.05, 0) is 30.5 Å². The molecule has 1 aliphatic rings. The summed E-state index contributed by atoms with van der Waals surface area (Å²) in [6, 6.07) is 6.23. The van der Waals surface area contributed by atoms with E-state index in [0.717, 1.165) is 37.8 Å². The molecule has 2 rings (SSSR count). The van der Waals surface area contributed by atoms with Gasteiger partial charge in [0.1, 0.15) is 0 Å². The number of nitrogens with zero attached hydrogens (tertiary/aromatic N) is 1. The van der Waals surface area contributed by atoms with E-state index in [9.17, 15) is 0 Å². The lowest BCUT2D eigenvalue weighted by atomic mass is 10.1. The van der Waals surface area contributed by atoms with E-state index >= 15 is 0 Å². The third kappa shape index (κ3) is 4.65. The van der Waals surface area contributed by atoms with Crippen molar-refractivity contribution in [3.05, 3.63) is 28.8 Å². The van der Waals surface area contributed by atoms with Gasteiger partial charge in [0.25, 0.3) is 0 Å². The molecular formula is C16H25ClN2O. The van der Waals surface area contributed by atoms with Gasteiger partial charge in [-0.25, -0.2) is 0 Å². The van der Waals surface area contributed by atoms with Gasteiger partial charge in [0.15, 0.2) is 0 Å². The summed E-state index contributed by atoms with van der Waals surface area (Å²) in [5, 5.41) is 4.25. The van der Waals surface area contributed by atoms with E-state index in [4.69, 9.17) is 16.3 Å². The summed E-state index contributed by atoms with van der Waals surface area (Å²) in [5.74, 6) is 0. The quantitative estimate of drug-likeness (QED) is 0.814. The zero-order chi connectivity index (χ0) is 14.2. The predicted octanol–water partition coefficient (Wildman–Crippen LogP) is 3.46. The van der Waals surface area contributed by atoms with Gasteiger partial charge >= 0.3 is 0 Å². The maximum absolute atomic E-state index is 6.19. The normalized spacial score (nSPS) is 16.2. The topological polar surface area (TPSA) is 24.5 Å². The van der Waals surface area contributed by atoms with Crippen LogP contribution in [0, 0.1) is 0 Å². The van der Waals surface area contributed by atoms with Gasteiger partial charge in [-0.2, -0.15) is 0 Å². The molecule has 20 heavy (non-hydrogen) atoms. The molecule has 0 spiro atoms. The summed E-state index contributed by atoms with van der Waals surface area (Å²) < 4.78 is 5.07. The SMILES string of the molecule is COCCNCc1ccc(Cl)cc1N1CCCCCC1. The van der Waals surface area contributed by atoms with Gasteiger partial charge in [0.05, 0.1) is 6.61 Å². The third-order valence-electron chi connectivity index (χ3n) is 3.79. The number of benzene rings is 1. The second-order valence-corrected chi connectivity index (χ2v) is 5.78. The first-order valence-corrected chi connectivity index (χ1v) is 7.92. The minimum atomic E-state index is 0.743. The number of anilines is 1. The number of methoxy groups -OCH3 is 1. The molecule has 0 unspecified atom stereocenters. The highest BCUT2D eigenvalue weighted by Crippen LogP contribution is 2.27. The van der Waals surface area contributed by atoms with Crippen molar-refractivity contribution in [1.82, 2.24) is 5.32 Å². The fourth-order valence-electron chi connectivity index (χ4n) is 2.69. The van der Waals surface area contributed by atoms with Crippen molar-refractivity contribution < 1.29 is 4.74 Å². The molecule has 1 fully saturated rings. The minimum absolute atomic E-state index is 0.743. The van der Waals surface area contributed by atoms with E-state index in [-0.39, 0.29) is 0 Å². The summed E-state index contributed by atoms with van der Waals surface area (Å²) in [6.45, 7) is 4.77. The Hall–Kier alpha value is -0.770. The average Bonchev–Trinajstić information content (AvgIpc) is 2.74. The summed E-state index contributed by atoms with van der Waals surface area (Å²) in [4.78, 5) is 2.49. The Balaban J connectivity index is 2.06. The van der Waals surface area contributed by atoms with Crippen molar-refractivity contribution in [2.45, 2.75) is 32.2 Å². The molecule has 1 aromatic carbocycles.